The number of rotatable bonds is 7. The molecule has 39 heavy (non-hydrogen) atoms. The molecule has 0 saturated heterocycles. The molecular weight excluding hydrogens is 508 g/mol. The van der Waals surface area contributed by atoms with Gasteiger partial charge in [0.25, 0.3) is 0 Å². The van der Waals surface area contributed by atoms with Crippen LogP contribution in [0.1, 0.15) is 32.6 Å². The molecule has 5 aromatic rings. The van der Waals surface area contributed by atoms with Gasteiger partial charge in [0.15, 0.2) is 0 Å². The molecule has 0 radical (unpaired) electrons. The van der Waals surface area contributed by atoms with E-state index in [9.17, 15) is 27.5 Å². The highest BCUT2D eigenvalue weighted by molar-refractivity contribution is 5.98. The Balaban J connectivity index is 1.59. The van der Waals surface area contributed by atoms with E-state index in [1.54, 1.807) is 18.2 Å². The Morgan fingerprint density at radius 2 is 1.62 bits per heavy atom. The standard InChI is InChI=1S/C31H22F4N2O2/c32-23-12-13-24(30(38)39)27(16-23)36-17-20-8-4-9-21(15-20)28-22(14-19-6-2-1-3-7-19)18-37-29-25(28)10-5-11-26(29)31(33,34)35/h1-13,15-16,18,36H,14,17H2,(H,38,39). The van der Waals surface area contributed by atoms with E-state index in [2.05, 4.69) is 10.3 Å². The van der Waals surface area contributed by atoms with E-state index in [1.807, 2.05) is 42.5 Å². The molecular formula is C31H22F4N2O2. The molecule has 0 spiro atoms. The lowest BCUT2D eigenvalue weighted by Crippen LogP contribution is -2.08. The largest absolute Gasteiger partial charge is 0.478 e. The van der Waals surface area contributed by atoms with Crippen molar-refractivity contribution in [3.8, 4) is 11.1 Å². The number of carboxylic acids is 1. The molecule has 196 valence electrons. The van der Waals surface area contributed by atoms with Gasteiger partial charge < -0.3 is 10.4 Å². The molecule has 0 aliphatic carbocycles. The third-order valence-corrected chi connectivity index (χ3v) is 6.43. The van der Waals surface area contributed by atoms with E-state index in [0.29, 0.717) is 22.9 Å². The number of hydrogen-bond acceptors (Lipinski definition) is 3. The fraction of sp³-hybridized carbons (Fsp3) is 0.0968. The van der Waals surface area contributed by atoms with Crippen LogP contribution in [-0.4, -0.2) is 16.1 Å². The zero-order valence-corrected chi connectivity index (χ0v) is 20.5. The number of nitrogens with one attached hydrogen (secondary N) is 1. The molecule has 0 saturated carbocycles. The molecule has 0 amide bonds. The summed E-state index contributed by atoms with van der Waals surface area (Å²) in [6, 6.07) is 24.2. The fourth-order valence-corrected chi connectivity index (χ4v) is 4.67. The number of benzene rings is 4. The first-order valence-electron chi connectivity index (χ1n) is 12.1. The average Bonchev–Trinajstić information content (AvgIpc) is 2.91. The number of hydrogen-bond donors (Lipinski definition) is 2. The predicted molar refractivity (Wildman–Crippen MR) is 142 cm³/mol. The first-order chi connectivity index (χ1) is 18.7. The molecule has 0 atom stereocenters. The number of para-hydroxylation sites is 1. The van der Waals surface area contributed by atoms with Crippen LogP contribution in [-0.2, 0) is 19.1 Å². The van der Waals surface area contributed by atoms with Crippen molar-refractivity contribution in [3.63, 3.8) is 0 Å². The number of alkyl halides is 3. The van der Waals surface area contributed by atoms with Gasteiger partial charge in [0.05, 0.1) is 22.3 Å². The van der Waals surface area contributed by atoms with Crippen LogP contribution in [0.4, 0.5) is 23.2 Å². The van der Waals surface area contributed by atoms with Crippen LogP contribution in [0.3, 0.4) is 0 Å². The van der Waals surface area contributed by atoms with E-state index in [-0.39, 0.29) is 23.3 Å². The molecule has 0 bridgehead atoms. The maximum absolute atomic E-state index is 13.8. The van der Waals surface area contributed by atoms with Gasteiger partial charge in [-0.1, -0.05) is 60.7 Å². The van der Waals surface area contributed by atoms with Gasteiger partial charge in [-0.25, -0.2) is 9.18 Å². The molecule has 0 aliphatic heterocycles. The summed E-state index contributed by atoms with van der Waals surface area (Å²) in [4.78, 5) is 15.8. The first-order valence-corrected chi connectivity index (χ1v) is 12.1. The Morgan fingerprint density at radius 1 is 0.872 bits per heavy atom. The normalized spacial score (nSPS) is 11.5. The van der Waals surface area contributed by atoms with Crippen LogP contribution in [0.2, 0.25) is 0 Å². The van der Waals surface area contributed by atoms with Gasteiger partial charge in [-0.15, -0.1) is 0 Å². The zero-order chi connectivity index (χ0) is 27.6. The molecule has 4 aromatic carbocycles. The lowest BCUT2D eigenvalue weighted by atomic mass is 9.91. The second-order valence-corrected chi connectivity index (χ2v) is 9.07. The van der Waals surface area contributed by atoms with Gasteiger partial charge in [-0.05, 0) is 64.6 Å². The molecule has 1 aromatic heterocycles. The SMILES string of the molecule is O=C(O)c1ccc(F)cc1NCc1cccc(-c2c(Cc3ccccc3)cnc3c(C(F)(F)F)cccc23)c1. The van der Waals surface area contributed by atoms with E-state index >= 15 is 0 Å². The van der Waals surface area contributed by atoms with Crippen LogP contribution in [0.5, 0.6) is 0 Å². The molecule has 8 heteroatoms. The lowest BCUT2D eigenvalue weighted by molar-refractivity contribution is -0.136. The third kappa shape index (κ3) is 5.60. The number of carbonyl (C=O) groups is 1. The van der Waals surface area contributed by atoms with E-state index in [4.69, 9.17) is 0 Å². The van der Waals surface area contributed by atoms with Crippen molar-refractivity contribution in [2.45, 2.75) is 19.1 Å². The fourth-order valence-electron chi connectivity index (χ4n) is 4.67. The molecule has 1 heterocycles. The van der Waals surface area contributed by atoms with Crippen molar-refractivity contribution >= 4 is 22.6 Å². The quantitative estimate of drug-likeness (QED) is 0.210. The van der Waals surface area contributed by atoms with Gasteiger partial charge in [-0.2, -0.15) is 13.2 Å². The van der Waals surface area contributed by atoms with Crippen molar-refractivity contribution in [1.29, 1.82) is 0 Å². The van der Waals surface area contributed by atoms with Gasteiger partial charge in [-0.3, -0.25) is 4.98 Å². The molecule has 2 N–H and O–H groups in total. The summed E-state index contributed by atoms with van der Waals surface area (Å²) in [6.45, 7) is 0.169. The zero-order valence-electron chi connectivity index (χ0n) is 20.5. The van der Waals surface area contributed by atoms with Crippen molar-refractivity contribution < 1.29 is 27.5 Å². The van der Waals surface area contributed by atoms with Gasteiger partial charge in [0.1, 0.15) is 5.82 Å². The topological polar surface area (TPSA) is 62.2 Å². The van der Waals surface area contributed by atoms with E-state index in [0.717, 1.165) is 34.9 Å². The Morgan fingerprint density at radius 3 is 2.36 bits per heavy atom. The van der Waals surface area contributed by atoms with Gasteiger partial charge in [0, 0.05) is 18.1 Å². The number of nitrogens with zero attached hydrogens (tertiary/aromatic N) is 1. The van der Waals surface area contributed by atoms with Crippen molar-refractivity contribution in [2.75, 3.05) is 5.32 Å². The second-order valence-electron chi connectivity index (χ2n) is 9.07. The Bertz CT molecular complexity index is 1670. The number of aromatic nitrogens is 1. The molecule has 0 fully saturated rings. The average molecular weight is 531 g/mol. The van der Waals surface area contributed by atoms with Crippen LogP contribution in [0.15, 0.2) is 97.2 Å². The van der Waals surface area contributed by atoms with E-state index in [1.165, 1.54) is 18.3 Å². The predicted octanol–water partition coefficient (Wildman–Crippen LogP) is 7.96. The summed E-state index contributed by atoms with van der Waals surface area (Å²) >= 11 is 0. The number of fused-ring (bicyclic) bond motifs is 1. The van der Waals surface area contributed by atoms with Crippen LogP contribution < -0.4 is 5.32 Å². The third-order valence-electron chi connectivity index (χ3n) is 6.43. The van der Waals surface area contributed by atoms with Crippen molar-refractivity contribution in [3.05, 3.63) is 131 Å². The van der Waals surface area contributed by atoms with Crippen molar-refractivity contribution in [1.82, 2.24) is 4.98 Å². The highest BCUT2D eigenvalue weighted by Crippen LogP contribution is 2.39. The number of anilines is 1. The minimum absolute atomic E-state index is 0.0718. The van der Waals surface area contributed by atoms with Crippen molar-refractivity contribution in [2.24, 2.45) is 0 Å². The molecule has 0 unspecified atom stereocenters. The smallest absolute Gasteiger partial charge is 0.418 e. The van der Waals surface area contributed by atoms with Crippen LogP contribution >= 0.6 is 0 Å². The van der Waals surface area contributed by atoms with Gasteiger partial charge in [0.2, 0.25) is 0 Å². The Kier molecular flexibility index (Phi) is 7.02. The summed E-state index contributed by atoms with van der Waals surface area (Å²) < 4.78 is 55.3. The molecule has 5 rings (SSSR count). The highest BCUT2D eigenvalue weighted by atomic mass is 19.4. The van der Waals surface area contributed by atoms with Gasteiger partial charge >= 0.3 is 12.1 Å². The minimum atomic E-state index is -4.57. The summed E-state index contributed by atoms with van der Waals surface area (Å²) in [5.74, 6) is -1.77. The second kappa shape index (κ2) is 10.6. The number of halogens is 4. The van der Waals surface area contributed by atoms with Crippen LogP contribution in [0.25, 0.3) is 22.0 Å². The number of aromatic carboxylic acids is 1. The summed E-state index contributed by atoms with van der Waals surface area (Å²) in [5.41, 5.74) is 2.91. The lowest BCUT2D eigenvalue weighted by Gasteiger charge is -2.17. The summed E-state index contributed by atoms with van der Waals surface area (Å²) in [7, 11) is 0. The summed E-state index contributed by atoms with van der Waals surface area (Å²) in [5, 5.41) is 12.8. The maximum Gasteiger partial charge on any atom is 0.418 e. The Labute approximate surface area is 221 Å². The molecule has 4 nitrogen and oxygen atoms in total. The number of pyridine rings is 1. The first kappa shape index (κ1) is 25.9. The molecule has 0 aliphatic rings. The van der Waals surface area contributed by atoms with Crippen LogP contribution in [0, 0.1) is 5.82 Å². The minimum Gasteiger partial charge on any atom is -0.478 e. The Hall–Kier alpha value is -4.72. The number of carboxylic acid groups (broad SMARTS) is 1. The monoisotopic (exact) mass is 530 g/mol. The highest BCUT2D eigenvalue weighted by Gasteiger charge is 2.33. The summed E-state index contributed by atoms with van der Waals surface area (Å²) in [6.07, 6.45) is -2.61. The maximum atomic E-state index is 13.8. The van der Waals surface area contributed by atoms with E-state index < -0.39 is 23.5 Å².